The first-order chi connectivity index (χ1) is 9.51. The van der Waals surface area contributed by atoms with Gasteiger partial charge in [-0.1, -0.05) is 18.2 Å². The molecule has 0 atom stereocenters. The Labute approximate surface area is 140 Å². The summed E-state index contributed by atoms with van der Waals surface area (Å²) >= 11 is 0. The summed E-state index contributed by atoms with van der Waals surface area (Å²) in [4.78, 5) is 0. The number of aromatic nitrogens is 2. The molecule has 0 unspecified atom stereocenters. The van der Waals surface area contributed by atoms with E-state index in [0.29, 0.717) is 5.88 Å². The quantitative estimate of drug-likeness (QED) is 0.758. The van der Waals surface area contributed by atoms with Crippen LogP contribution < -0.4 is 9.47 Å². The minimum absolute atomic E-state index is 0. The van der Waals surface area contributed by atoms with Gasteiger partial charge in [-0.2, -0.15) is 0 Å². The van der Waals surface area contributed by atoms with E-state index in [2.05, 4.69) is 51.0 Å². The van der Waals surface area contributed by atoms with Gasteiger partial charge in [0.1, 0.15) is 5.56 Å². The fourth-order valence-electron chi connectivity index (χ4n) is 2.51. The van der Waals surface area contributed by atoms with Gasteiger partial charge in [-0.25, -0.2) is 4.68 Å². The van der Waals surface area contributed by atoms with Crippen LogP contribution in [0.3, 0.4) is 0 Å². The zero-order chi connectivity index (χ0) is 14.9. The Morgan fingerprint density at radius 3 is 2.00 bits per heavy atom. The van der Waals surface area contributed by atoms with Crippen LogP contribution in [0.4, 0.5) is 0 Å². The molecular weight excluding hydrogens is 359 g/mol. The SMILES string of the molecule is COc1nn(C(C)C)c(OC)c1-c1c(C)cccc1C.[Pd]. The predicted molar refractivity (Wildman–Crippen MR) is 80.6 cm³/mol. The van der Waals surface area contributed by atoms with Crippen LogP contribution in [-0.2, 0) is 20.4 Å². The molecule has 0 amide bonds. The van der Waals surface area contributed by atoms with E-state index in [1.54, 1.807) is 14.2 Å². The van der Waals surface area contributed by atoms with Crippen LogP contribution in [0.2, 0.25) is 0 Å². The Kier molecular flexibility index (Phi) is 6.00. The molecule has 0 saturated heterocycles. The molecule has 21 heavy (non-hydrogen) atoms. The Bertz CT molecular complexity index is 601. The second kappa shape index (κ2) is 7.11. The summed E-state index contributed by atoms with van der Waals surface area (Å²) in [6, 6.07) is 6.44. The van der Waals surface area contributed by atoms with Crippen molar-refractivity contribution < 1.29 is 29.9 Å². The Morgan fingerprint density at radius 2 is 1.57 bits per heavy atom. The van der Waals surface area contributed by atoms with Gasteiger partial charge in [-0.05, 0) is 44.4 Å². The van der Waals surface area contributed by atoms with Crippen molar-refractivity contribution in [2.45, 2.75) is 33.7 Å². The maximum Gasteiger partial charge on any atom is 0.244 e. The number of benzene rings is 1. The third-order valence-electron chi connectivity index (χ3n) is 3.44. The average Bonchev–Trinajstić information content (AvgIpc) is 2.77. The molecule has 2 aromatic rings. The van der Waals surface area contributed by atoms with Gasteiger partial charge in [0, 0.05) is 20.4 Å². The van der Waals surface area contributed by atoms with Gasteiger partial charge in [0.25, 0.3) is 0 Å². The maximum atomic E-state index is 5.61. The summed E-state index contributed by atoms with van der Waals surface area (Å²) in [7, 11) is 3.32. The van der Waals surface area contributed by atoms with Gasteiger partial charge in [0.05, 0.1) is 20.3 Å². The summed E-state index contributed by atoms with van der Waals surface area (Å²) in [6.45, 7) is 8.33. The van der Waals surface area contributed by atoms with E-state index in [1.165, 1.54) is 11.1 Å². The van der Waals surface area contributed by atoms with Gasteiger partial charge in [0.15, 0.2) is 0 Å². The van der Waals surface area contributed by atoms with Crippen LogP contribution in [0.25, 0.3) is 11.1 Å². The van der Waals surface area contributed by atoms with Crippen LogP contribution in [-0.4, -0.2) is 24.0 Å². The molecule has 0 aliphatic heterocycles. The van der Waals surface area contributed by atoms with Gasteiger partial charge >= 0.3 is 0 Å². The van der Waals surface area contributed by atoms with Crippen molar-refractivity contribution in [3.8, 4) is 22.9 Å². The van der Waals surface area contributed by atoms with Crippen molar-refractivity contribution in [1.29, 1.82) is 0 Å². The minimum atomic E-state index is 0. The Balaban J connectivity index is 0.00000220. The molecule has 0 spiro atoms. The number of hydrogen-bond donors (Lipinski definition) is 0. The summed E-state index contributed by atoms with van der Waals surface area (Å²) in [5.41, 5.74) is 4.43. The van der Waals surface area contributed by atoms with E-state index < -0.39 is 0 Å². The molecular formula is C16H22N2O2Pd. The summed E-state index contributed by atoms with van der Waals surface area (Å²) in [5, 5.41) is 4.53. The monoisotopic (exact) mass is 380 g/mol. The first-order valence-electron chi connectivity index (χ1n) is 6.78. The van der Waals surface area contributed by atoms with E-state index in [4.69, 9.17) is 9.47 Å². The third kappa shape index (κ3) is 3.15. The van der Waals surface area contributed by atoms with Crippen LogP contribution in [0.5, 0.6) is 11.8 Å². The van der Waals surface area contributed by atoms with Crippen molar-refractivity contribution in [3.05, 3.63) is 29.3 Å². The number of ether oxygens (including phenoxy) is 2. The molecule has 0 aliphatic carbocycles. The smallest absolute Gasteiger partial charge is 0.244 e. The first kappa shape index (κ1) is 17.7. The van der Waals surface area contributed by atoms with E-state index in [-0.39, 0.29) is 26.5 Å². The average molecular weight is 381 g/mol. The molecule has 1 aromatic heterocycles. The molecule has 0 aliphatic rings. The molecule has 2 rings (SSSR count). The Hall–Kier alpha value is -1.31. The van der Waals surface area contributed by atoms with E-state index in [1.807, 2.05) is 4.68 Å². The molecule has 5 heteroatoms. The van der Waals surface area contributed by atoms with Crippen LogP contribution in [0.1, 0.15) is 31.0 Å². The number of rotatable bonds is 4. The van der Waals surface area contributed by atoms with Crippen molar-refractivity contribution in [2.24, 2.45) is 0 Å². The molecule has 0 N–H and O–H groups in total. The van der Waals surface area contributed by atoms with Crippen molar-refractivity contribution in [3.63, 3.8) is 0 Å². The summed E-state index contributed by atoms with van der Waals surface area (Å²) in [6.07, 6.45) is 0. The van der Waals surface area contributed by atoms with E-state index in [0.717, 1.165) is 17.0 Å². The van der Waals surface area contributed by atoms with Crippen LogP contribution in [0, 0.1) is 13.8 Å². The topological polar surface area (TPSA) is 36.3 Å². The minimum Gasteiger partial charge on any atom is -0.481 e. The molecule has 0 fully saturated rings. The third-order valence-corrected chi connectivity index (χ3v) is 3.44. The Morgan fingerprint density at radius 1 is 1.00 bits per heavy atom. The molecule has 4 nitrogen and oxygen atoms in total. The number of aryl methyl sites for hydroxylation is 2. The fraction of sp³-hybridized carbons (Fsp3) is 0.438. The zero-order valence-corrected chi connectivity index (χ0v) is 14.9. The van der Waals surface area contributed by atoms with Gasteiger partial charge < -0.3 is 9.47 Å². The van der Waals surface area contributed by atoms with E-state index in [9.17, 15) is 0 Å². The predicted octanol–water partition coefficient (Wildman–Crippen LogP) is 3.76. The second-order valence-corrected chi connectivity index (χ2v) is 5.20. The summed E-state index contributed by atoms with van der Waals surface area (Å²) in [5.74, 6) is 1.35. The standard InChI is InChI=1S/C16H22N2O2.Pd/c1-10(2)18-16(20-6)14(15(17-18)19-5)13-11(3)8-7-9-12(13)4;/h7-10H,1-6H3;. The molecule has 1 aromatic carbocycles. The maximum absolute atomic E-state index is 5.61. The molecule has 0 bridgehead atoms. The van der Waals surface area contributed by atoms with Crippen LogP contribution >= 0.6 is 0 Å². The first-order valence-corrected chi connectivity index (χ1v) is 6.78. The molecule has 0 radical (unpaired) electrons. The molecule has 118 valence electrons. The van der Waals surface area contributed by atoms with Gasteiger partial charge in [0.2, 0.25) is 11.8 Å². The molecule has 0 saturated carbocycles. The van der Waals surface area contributed by atoms with Crippen molar-refractivity contribution in [1.82, 2.24) is 9.78 Å². The van der Waals surface area contributed by atoms with Crippen molar-refractivity contribution >= 4 is 0 Å². The number of nitrogens with zero attached hydrogens (tertiary/aromatic N) is 2. The largest absolute Gasteiger partial charge is 0.481 e. The number of hydrogen-bond acceptors (Lipinski definition) is 3. The summed E-state index contributed by atoms with van der Waals surface area (Å²) < 4.78 is 12.9. The second-order valence-electron chi connectivity index (χ2n) is 5.20. The van der Waals surface area contributed by atoms with E-state index >= 15 is 0 Å². The van der Waals surface area contributed by atoms with Gasteiger partial charge in [-0.3, -0.25) is 0 Å². The number of methoxy groups -OCH3 is 2. The van der Waals surface area contributed by atoms with Crippen LogP contribution in [0.15, 0.2) is 18.2 Å². The molecule has 1 heterocycles. The zero-order valence-electron chi connectivity index (χ0n) is 13.3. The van der Waals surface area contributed by atoms with Crippen molar-refractivity contribution in [2.75, 3.05) is 14.2 Å². The normalized spacial score (nSPS) is 10.4. The van der Waals surface area contributed by atoms with Gasteiger partial charge in [-0.15, -0.1) is 5.10 Å². The fourth-order valence-corrected chi connectivity index (χ4v) is 2.51.